The van der Waals surface area contributed by atoms with Gasteiger partial charge in [-0.1, -0.05) is 11.8 Å². The molecule has 0 saturated carbocycles. The Morgan fingerprint density at radius 3 is 2.86 bits per heavy atom. The van der Waals surface area contributed by atoms with Gasteiger partial charge >= 0.3 is 0 Å². The predicted molar refractivity (Wildman–Crippen MR) is 83.2 cm³/mol. The van der Waals surface area contributed by atoms with Crippen molar-refractivity contribution in [3.63, 3.8) is 0 Å². The van der Waals surface area contributed by atoms with Gasteiger partial charge in [0.2, 0.25) is 11.8 Å². The Balaban J connectivity index is 1.72. The zero-order valence-corrected chi connectivity index (χ0v) is 12.9. The zero-order valence-electron chi connectivity index (χ0n) is 12.0. The third-order valence-electron chi connectivity index (χ3n) is 2.81. The molecule has 0 unspecified atom stereocenters. The van der Waals surface area contributed by atoms with Crippen LogP contribution in [-0.4, -0.2) is 21.9 Å². The van der Waals surface area contributed by atoms with E-state index in [-0.39, 0.29) is 5.91 Å². The summed E-state index contributed by atoms with van der Waals surface area (Å²) < 4.78 is 5.24. The first-order valence-electron chi connectivity index (χ1n) is 6.63. The van der Waals surface area contributed by atoms with Gasteiger partial charge < -0.3 is 15.5 Å². The van der Waals surface area contributed by atoms with Gasteiger partial charge in [-0.25, -0.2) is 0 Å². The quantitative estimate of drug-likeness (QED) is 0.484. The summed E-state index contributed by atoms with van der Waals surface area (Å²) in [4.78, 5) is 11.9. The summed E-state index contributed by atoms with van der Waals surface area (Å²) in [6, 6.07) is 5.43. The van der Waals surface area contributed by atoms with E-state index in [4.69, 9.17) is 10.2 Å². The average Bonchev–Trinajstić information content (AvgIpc) is 2.84. The van der Waals surface area contributed by atoms with Crippen LogP contribution in [0.3, 0.4) is 0 Å². The molecule has 3 N–H and O–H groups in total. The Bertz CT molecular complexity index is 627. The summed E-state index contributed by atoms with van der Waals surface area (Å²) in [6.07, 6.45) is 1.19. The lowest BCUT2D eigenvalue weighted by atomic mass is 10.1. The van der Waals surface area contributed by atoms with Gasteiger partial charge in [-0.2, -0.15) is 0 Å². The van der Waals surface area contributed by atoms with E-state index in [1.54, 1.807) is 13.0 Å². The van der Waals surface area contributed by atoms with Gasteiger partial charge in [-0.3, -0.25) is 4.79 Å². The fraction of sp³-hybridized carbons (Fsp3) is 0.357. The maximum absolute atomic E-state index is 11.9. The van der Waals surface area contributed by atoms with Crippen LogP contribution in [0, 0.1) is 13.8 Å². The molecule has 0 radical (unpaired) electrons. The van der Waals surface area contributed by atoms with Crippen molar-refractivity contribution in [1.82, 2.24) is 10.2 Å². The number of nitrogens with one attached hydrogen (secondary N) is 1. The molecule has 0 aliphatic carbocycles. The van der Waals surface area contributed by atoms with Crippen LogP contribution in [0.15, 0.2) is 27.8 Å². The lowest BCUT2D eigenvalue weighted by molar-refractivity contribution is -0.116. The Morgan fingerprint density at radius 1 is 1.38 bits per heavy atom. The molecule has 1 amide bonds. The minimum atomic E-state index is -0.00909. The summed E-state index contributed by atoms with van der Waals surface area (Å²) in [5.74, 6) is 1.30. The average molecular weight is 306 g/mol. The molecule has 112 valence electrons. The summed E-state index contributed by atoms with van der Waals surface area (Å²) in [5.41, 5.74) is 8.13. The van der Waals surface area contributed by atoms with Gasteiger partial charge in [0.05, 0.1) is 0 Å². The van der Waals surface area contributed by atoms with Gasteiger partial charge in [-0.15, -0.1) is 10.2 Å². The van der Waals surface area contributed by atoms with Gasteiger partial charge in [0.15, 0.2) is 0 Å². The third-order valence-corrected chi connectivity index (χ3v) is 3.71. The molecule has 0 aliphatic heterocycles. The molecule has 21 heavy (non-hydrogen) atoms. The lowest BCUT2D eigenvalue weighted by Crippen LogP contribution is -2.12. The van der Waals surface area contributed by atoms with Gasteiger partial charge in [0.25, 0.3) is 5.22 Å². The van der Waals surface area contributed by atoms with Crippen LogP contribution in [0.1, 0.15) is 24.3 Å². The predicted octanol–water partition coefficient (Wildman–Crippen LogP) is 2.78. The summed E-state index contributed by atoms with van der Waals surface area (Å²) in [6.45, 7) is 3.67. The number of nitrogens with two attached hydrogens (primary N) is 1. The number of aromatic nitrogens is 2. The fourth-order valence-corrected chi connectivity index (χ4v) is 2.51. The number of rotatable bonds is 6. The van der Waals surface area contributed by atoms with Crippen molar-refractivity contribution >= 4 is 29.0 Å². The van der Waals surface area contributed by atoms with Crippen molar-refractivity contribution in [2.45, 2.75) is 31.9 Å². The second kappa shape index (κ2) is 7.12. The van der Waals surface area contributed by atoms with E-state index in [2.05, 4.69) is 15.5 Å². The number of carbonyl (C=O) groups is 1. The molecule has 2 rings (SSSR count). The summed E-state index contributed by atoms with van der Waals surface area (Å²) >= 11 is 1.46. The van der Waals surface area contributed by atoms with Crippen LogP contribution in [0.4, 0.5) is 11.4 Å². The van der Waals surface area contributed by atoms with Crippen LogP contribution < -0.4 is 11.1 Å². The van der Waals surface area contributed by atoms with Crippen LogP contribution in [0.25, 0.3) is 0 Å². The second-order valence-electron chi connectivity index (χ2n) is 4.66. The molecule has 0 spiro atoms. The normalized spacial score (nSPS) is 10.6. The first kappa shape index (κ1) is 15.4. The van der Waals surface area contributed by atoms with Gasteiger partial charge in [0, 0.05) is 30.5 Å². The lowest BCUT2D eigenvalue weighted by Gasteiger charge is -2.08. The fourth-order valence-electron chi connectivity index (χ4n) is 1.77. The number of nitrogens with zero attached hydrogens (tertiary/aromatic N) is 2. The maximum Gasteiger partial charge on any atom is 0.276 e. The first-order chi connectivity index (χ1) is 10.0. The van der Waals surface area contributed by atoms with E-state index in [9.17, 15) is 4.79 Å². The molecule has 7 heteroatoms. The van der Waals surface area contributed by atoms with Crippen molar-refractivity contribution < 1.29 is 9.21 Å². The number of anilines is 2. The van der Waals surface area contributed by atoms with Crippen molar-refractivity contribution in [1.29, 1.82) is 0 Å². The minimum Gasteiger partial charge on any atom is -0.416 e. The largest absolute Gasteiger partial charge is 0.416 e. The zero-order chi connectivity index (χ0) is 15.2. The Kier molecular flexibility index (Phi) is 5.21. The van der Waals surface area contributed by atoms with Gasteiger partial charge in [-0.05, 0) is 37.1 Å². The highest BCUT2D eigenvalue weighted by Crippen LogP contribution is 2.19. The van der Waals surface area contributed by atoms with E-state index >= 15 is 0 Å². The molecule has 1 aromatic heterocycles. The molecule has 0 saturated heterocycles. The van der Waals surface area contributed by atoms with E-state index in [0.29, 0.717) is 23.2 Å². The van der Waals surface area contributed by atoms with Crippen molar-refractivity contribution in [3.05, 3.63) is 29.7 Å². The molecule has 0 aliphatic rings. The van der Waals surface area contributed by atoms with E-state index in [1.165, 1.54) is 11.8 Å². The number of thioether (sulfide) groups is 1. The minimum absolute atomic E-state index is 0.00909. The number of benzene rings is 1. The number of nitrogen functional groups attached to an aromatic ring is 1. The van der Waals surface area contributed by atoms with Crippen LogP contribution >= 0.6 is 11.8 Å². The highest BCUT2D eigenvalue weighted by atomic mass is 32.2. The highest BCUT2D eigenvalue weighted by Gasteiger charge is 2.07. The third kappa shape index (κ3) is 4.78. The smallest absolute Gasteiger partial charge is 0.276 e. The molecule has 0 atom stereocenters. The molecular weight excluding hydrogens is 288 g/mol. The maximum atomic E-state index is 11.9. The van der Waals surface area contributed by atoms with Crippen molar-refractivity contribution in [2.75, 3.05) is 16.8 Å². The topological polar surface area (TPSA) is 94.0 Å². The van der Waals surface area contributed by atoms with E-state index in [0.717, 1.165) is 23.4 Å². The monoisotopic (exact) mass is 306 g/mol. The molecule has 0 bridgehead atoms. The molecule has 1 heterocycles. The van der Waals surface area contributed by atoms with Crippen molar-refractivity contribution in [3.8, 4) is 0 Å². The number of amides is 1. The van der Waals surface area contributed by atoms with Crippen LogP contribution in [-0.2, 0) is 4.79 Å². The van der Waals surface area contributed by atoms with E-state index in [1.807, 2.05) is 19.1 Å². The Morgan fingerprint density at radius 2 is 2.19 bits per heavy atom. The standard InChI is InChI=1S/C14H18N4O2S/c1-9-8-11(15)5-6-12(9)16-13(19)4-3-7-21-14-18-17-10(2)20-14/h5-6,8H,3-4,7,15H2,1-2H3,(H,16,19). The summed E-state index contributed by atoms with van der Waals surface area (Å²) in [7, 11) is 0. The van der Waals surface area contributed by atoms with Crippen LogP contribution in [0.5, 0.6) is 0 Å². The first-order valence-corrected chi connectivity index (χ1v) is 7.62. The molecule has 2 aromatic rings. The van der Waals surface area contributed by atoms with Crippen molar-refractivity contribution in [2.24, 2.45) is 0 Å². The Labute approximate surface area is 127 Å². The molecular formula is C14H18N4O2S. The molecule has 1 aromatic carbocycles. The molecule has 6 nitrogen and oxygen atoms in total. The Hall–Kier alpha value is -2.02. The van der Waals surface area contributed by atoms with E-state index < -0.39 is 0 Å². The number of hydrogen-bond acceptors (Lipinski definition) is 6. The second-order valence-corrected chi connectivity index (χ2v) is 5.71. The van der Waals surface area contributed by atoms with Crippen LogP contribution in [0.2, 0.25) is 0 Å². The molecule has 0 fully saturated rings. The summed E-state index contributed by atoms with van der Waals surface area (Å²) in [5, 5.41) is 11.1. The SMILES string of the molecule is Cc1nnc(SCCCC(=O)Nc2ccc(N)cc2C)o1. The highest BCUT2D eigenvalue weighted by molar-refractivity contribution is 7.99. The van der Waals surface area contributed by atoms with Gasteiger partial charge in [0.1, 0.15) is 0 Å². The number of carbonyl (C=O) groups excluding carboxylic acids is 1. The number of hydrogen-bond donors (Lipinski definition) is 2. The number of aryl methyl sites for hydroxylation is 2.